The summed E-state index contributed by atoms with van der Waals surface area (Å²) in [5, 5.41) is 7.13. The van der Waals surface area contributed by atoms with Gasteiger partial charge in [0.15, 0.2) is 6.61 Å². The molecule has 3 rings (SSSR count). The third-order valence-electron chi connectivity index (χ3n) is 4.11. The van der Waals surface area contributed by atoms with Gasteiger partial charge in [0, 0.05) is 10.5 Å². The molecule has 26 heavy (non-hydrogen) atoms. The van der Waals surface area contributed by atoms with Gasteiger partial charge >= 0.3 is 0 Å². The van der Waals surface area contributed by atoms with Crippen LogP contribution in [0.4, 0.5) is 5.82 Å². The molecule has 2 aromatic carbocycles. The van der Waals surface area contributed by atoms with Crippen molar-refractivity contribution in [2.24, 2.45) is 0 Å². The van der Waals surface area contributed by atoms with Crippen LogP contribution in [-0.4, -0.2) is 22.3 Å². The number of carbonyl (C=O) groups excluding carboxylic acids is 1. The second-order valence-electron chi connectivity index (χ2n) is 6.05. The molecule has 0 aliphatic rings. The second-order valence-corrected chi connectivity index (χ2v) is 6.90. The Morgan fingerprint density at radius 3 is 2.73 bits per heavy atom. The molecule has 5 nitrogen and oxygen atoms in total. The van der Waals surface area contributed by atoms with E-state index in [9.17, 15) is 4.79 Å². The maximum atomic E-state index is 12.2. The molecule has 6 heteroatoms. The first kappa shape index (κ1) is 18.2. The predicted molar refractivity (Wildman–Crippen MR) is 106 cm³/mol. The minimum atomic E-state index is -0.225. The number of rotatable bonds is 6. The fourth-order valence-corrected chi connectivity index (χ4v) is 2.89. The zero-order valence-electron chi connectivity index (χ0n) is 14.7. The van der Waals surface area contributed by atoms with E-state index in [1.165, 1.54) is 5.56 Å². The van der Waals surface area contributed by atoms with E-state index in [1.807, 2.05) is 56.3 Å². The van der Waals surface area contributed by atoms with E-state index in [0.29, 0.717) is 18.1 Å². The van der Waals surface area contributed by atoms with Gasteiger partial charge in [-0.1, -0.05) is 40.2 Å². The second kappa shape index (κ2) is 8.19. The van der Waals surface area contributed by atoms with Gasteiger partial charge in [-0.3, -0.25) is 4.79 Å². The maximum Gasteiger partial charge on any atom is 0.263 e. The van der Waals surface area contributed by atoms with Crippen LogP contribution in [0.3, 0.4) is 0 Å². The molecule has 0 spiro atoms. The van der Waals surface area contributed by atoms with Gasteiger partial charge in [0.25, 0.3) is 5.91 Å². The molecule has 1 aromatic heterocycles. The molecule has 1 amide bonds. The first-order chi connectivity index (χ1) is 12.5. The van der Waals surface area contributed by atoms with Crippen molar-refractivity contribution in [3.05, 3.63) is 75.9 Å². The van der Waals surface area contributed by atoms with Crippen molar-refractivity contribution in [3.8, 4) is 5.75 Å². The van der Waals surface area contributed by atoms with Crippen LogP contribution in [0, 0.1) is 13.8 Å². The van der Waals surface area contributed by atoms with E-state index >= 15 is 0 Å². The molecule has 0 aliphatic carbocycles. The highest BCUT2D eigenvalue weighted by Gasteiger charge is 2.10. The van der Waals surface area contributed by atoms with E-state index in [-0.39, 0.29) is 12.5 Å². The molecular weight excluding hydrogens is 394 g/mol. The van der Waals surface area contributed by atoms with Crippen LogP contribution in [-0.2, 0) is 11.3 Å². The zero-order valence-corrected chi connectivity index (χ0v) is 16.3. The summed E-state index contributed by atoms with van der Waals surface area (Å²) >= 11 is 3.53. The van der Waals surface area contributed by atoms with Crippen molar-refractivity contribution in [1.29, 1.82) is 0 Å². The SMILES string of the molecule is Cc1ccc(OCC(=O)Nc2ccnn2Cc2ccccc2Br)cc1C. The van der Waals surface area contributed by atoms with E-state index in [4.69, 9.17) is 4.74 Å². The topological polar surface area (TPSA) is 56.1 Å². The lowest BCUT2D eigenvalue weighted by molar-refractivity contribution is -0.118. The molecule has 3 aromatic rings. The summed E-state index contributed by atoms with van der Waals surface area (Å²) in [5.41, 5.74) is 3.41. The van der Waals surface area contributed by atoms with Gasteiger partial charge in [-0.25, -0.2) is 4.68 Å². The third kappa shape index (κ3) is 4.52. The summed E-state index contributed by atoms with van der Waals surface area (Å²) in [7, 11) is 0. The van der Waals surface area contributed by atoms with Crippen molar-refractivity contribution >= 4 is 27.7 Å². The third-order valence-corrected chi connectivity index (χ3v) is 4.88. The number of benzene rings is 2. The van der Waals surface area contributed by atoms with E-state index in [2.05, 4.69) is 26.3 Å². The lowest BCUT2D eigenvalue weighted by atomic mass is 10.1. The minimum absolute atomic E-state index is 0.0529. The largest absolute Gasteiger partial charge is 0.484 e. The molecule has 0 atom stereocenters. The molecule has 0 radical (unpaired) electrons. The van der Waals surface area contributed by atoms with Gasteiger partial charge in [-0.15, -0.1) is 0 Å². The van der Waals surface area contributed by atoms with E-state index in [1.54, 1.807) is 16.9 Å². The van der Waals surface area contributed by atoms with Gasteiger partial charge in [-0.2, -0.15) is 5.10 Å². The average Bonchev–Trinajstić information content (AvgIpc) is 3.05. The van der Waals surface area contributed by atoms with Crippen LogP contribution in [0.25, 0.3) is 0 Å². The Kier molecular flexibility index (Phi) is 5.73. The zero-order chi connectivity index (χ0) is 18.5. The lowest BCUT2D eigenvalue weighted by Gasteiger charge is -2.11. The van der Waals surface area contributed by atoms with E-state index in [0.717, 1.165) is 15.6 Å². The van der Waals surface area contributed by atoms with Gasteiger partial charge < -0.3 is 10.1 Å². The first-order valence-corrected chi connectivity index (χ1v) is 9.07. The number of aryl methyl sites for hydroxylation is 2. The number of aromatic nitrogens is 2. The van der Waals surface area contributed by atoms with Crippen LogP contribution >= 0.6 is 15.9 Å². The molecule has 1 heterocycles. The number of hydrogen-bond donors (Lipinski definition) is 1. The Morgan fingerprint density at radius 2 is 1.96 bits per heavy atom. The van der Waals surface area contributed by atoms with Crippen molar-refractivity contribution in [3.63, 3.8) is 0 Å². The monoisotopic (exact) mass is 413 g/mol. The lowest BCUT2D eigenvalue weighted by Crippen LogP contribution is -2.22. The van der Waals surface area contributed by atoms with Crippen molar-refractivity contribution in [2.45, 2.75) is 20.4 Å². The molecule has 1 N–H and O–H groups in total. The number of carbonyl (C=O) groups is 1. The number of anilines is 1. The summed E-state index contributed by atoms with van der Waals surface area (Å²) < 4.78 is 8.33. The summed E-state index contributed by atoms with van der Waals surface area (Å²) in [6.07, 6.45) is 1.66. The van der Waals surface area contributed by atoms with Crippen LogP contribution in [0.2, 0.25) is 0 Å². The highest BCUT2D eigenvalue weighted by Crippen LogP contribution is 2.19. The Bertz CT molecular complexity index is 921. The summed E-state index contributed by atoms with van der Waals surface area (Å²) in [6, 6.07) is 15.5. The van der Waals surface area contributed by atoms with Crippen LogP contribution in [0.15, 0.2) is 59.2 Å². The Balaban J connectivity index is 1.60. The standard InChI is InChI=1S/C20H20BrN3O2/c1-14-7-8-17(11-15(14)2)26-13-20(25)23-19-9-10-22-24(19)12-16-5-3-4-6-18(16)21/h3-11H,12-13H2,1-2H3,(H,23,25). The van der Waals surface area contributed by atoms with Crippen LogP contribution in [0.1, 0.15) is 16.7 Å². The fraction of sp³-hybridized carbons (Fsp3) is 0.200. The Hall–Kier alpha value is -2.60. The molecule has 0 bridgehead atoms. The number of nitrogens with one attached hydrogen (secondary N) is 1. The molecule has 134 valence electrons. The van der Waals surface area contributed by atoms with Crippen molar-refractivity contribution in [1.82, 2.24) is 9.78 Å². The molecule has 0 unspecified atom stereocenters. The summed E-state index contributed by atoms with van der Waals surface area (Å²) in [4.78, 5) is 12.2. The van der Waals surface area contributed by atoms with E-state index < -0.39 is 0 Å². The van der Waals surface area contributed by atoms with Gasteiger partial charge in [0.2, 0.25) is 0 Å². The van der Waals surface area contributed by atoms with Gasteiger partial charge in [0.1, 0.15) is 11.6 Å². The van der Waals surface area contributed by atoms with Crippen molar-refractivity contribution in [2.75, 3.05) is 11.9 Å². The van der Waals surface area contributed by atoms with Gasteiger partial charge in [-0.05, 0) is 48.7 Å². The maximum absolute atomic E-state index is 12.2. The highest BCUT2D eigenvalue weighted by molar-refractivity contribution is 9.10. The first-order valence-electron chi connectivity index (χ1n) is 8.28. The minimum Gasteiger partial charge on any atom is -0.484 e. The van der Waals surface area contributed by atoms with Crippen LogP contribution < -0.4 is 10.1 Å². The molecule has 0 aliphatic heterocycles. The number of ether oxygens (including phenoxy) is 1. The number of hydrogen-bond acceptors (Lipinski definition) is 3. The molecule has 0 saturated carbocycles. The number of nitrogens with zero attached hydrogens (tertiary/aromatic N) is 2. The molecule has 0 saturated heterocycles. The Labute approximate surface area is 161 Å². The highest BCUT2D eigenvalue weighted by atomic mass is 79.9. The molecule has 0 fully saturated rings. The van der Waals surface area contributed by atoms with Crippen LogP contribution in [0.5, 0.6) is 5.75 Å². The average molecular weight is 414 g/mol. The normalized spacial score (nSPS) is 10.6. The number of amides is 1. The molecular formula is C20H20BrN3O2. The summed E-state index contributed by atoms with van der Waals surface area (Å²) in [5.74, 6) is 1.09. The van der Waals surface area contributed by atoms with Gasteiger partial charge in [0.05, 0.1) is 12.7 Å². The number of halogens is 1. The summed E-state index contributed by atoms with van der Waals surface area (Å²) in [6.45, 7) is 4.56. The fourth-order valence-electron chi connectivity index (χ4n) is 2.48. The quantitative estimate of drug-likeness (QED) is 0.654. The predicted octanol–water partition coefficient (Wildman–Crippen LogP) is 4.33. The Morgan fingerprint density at radius 1 is 1.15 bits per heavy atom. The smallest absolute Gasteiger partial charge is 0.263 e. The van der Waals surface area contributed by atoms with Crippen molar-refractivity contribution < 1.29 is 9.53 Å².